The molecule has 0 radical (unpaired) electrons. The van der Waals surface area contributed by atoms with Crippen LogP contribution in [0.5, 0.6) is 0 Å². The molecule has 1 aliphatic heterocycles. The van der Waals surface area contributed by atoms with E-state index in [1.54, 1.807) is 0 Å². The van der Waals surface area contributed by atoms with E-state index in [2.05, 4.69) is 20.4 Å². The van der Waals surface area contributed by atoms with Gasteiger partial charge in [-0.25, -0.2) is 0 Å². The van der Waals surface area contributed by atoms with Crippen LogP contribution in [0.1, 0.15) is 39.5 Å². The van der Waals surface area contributed by atoms with Gasteiger partial charge in [-0.1, -0.05) is 19.1 Å². The maximum absolute atomic E-state index is 12.3. The fourth-order valence-electron chi connectivity index (χ4n) is 3.93. The first kappa shape index (κ1) is 11.1. The summed E-state index contributed by atoms with van der Waals surface area (Å²) >= 11 is 0. The van der Waals surface area contributed by atoms with Gasteiger partial charge in [-0.2, -0.15) is 0 Å². The summed E-state index contributed by atoms with van der Waals surface area (Å²) in [5, 5.41) is 0. The van der Waals surface area contributed by atoms with Gasteiger partial charge in [0.2, 0.25) is 0 Å². The topological polar surface area (TPSA) is 26.3 Å². The lowest BCUT2D eigenvalue weighted by Crippen LogP contribution is -2.49. The third-order valence-corrected chi connectivity index (χ3v) is 5.15. The van der Waals surface area contributed by atoms with Gasteiger partial charge in [0.05, 0.1) is 6.26 Å². The second-order valence-electron chi connectivity index (χ2n) is 6.13. The molecule has 2 fully saturated rings. The Labute approximate surface area is 103 Å². The summed E-state index contributed by atoms with van der Waals surface area (Å²) in [6.45, 7) is 8.47. The molecule has 3 aliphatic rings. The molecule has 3 unspecified atom stereocenters. The van der Waals surface area contributed by atoms with Crippen LogP contribution >= 0.6 is 0 Å². The van der Waals surface area contributed by atoms with Gasteiger partial charge in [-0.05, 0) is 37.7 Å². The van der Waals surface area contributed by atoms with E-state index in [1.165, 1.54) is 11.1 Å². The fourth-order valence-corrected chi connectivity index (χ4v) is 3.93. The summed E-state index contributed by atoms with van der Waals surface area (Å²) in [7, 11) is 0. The summed E-state index contributed by atoms with van der Waals surface area (Å²) in [5.74, 6) is 1.30. The summed E-state index contributed by atoms with van der Waals surface area (Å²) < 4.78 is 5.72. The number of Topliss-reactive ketones (excluding diaryl/α,β-unsaturated/α-hetero) is 1. The lowest BCUT2D eigenvalue weighted by molar-refractivity contribution is -0.138. The molecule has 0 bridgehead atoms. The van der Waals surface area contributed by atoms with Gasteiger partial charge in [0.15, 0.2) is 0 Å². The van der Waals surface area contributed by atoms with Crippen LogP contribution in [0, 0.1) is 17.3 Å². The molecule has 0 saturated heterocycles. The average molecular weight is 232 g/mol. The largest absolute Gasteiger partial charge is 0.497 e. The Morgan fingerprint density at radius 1 is 1.47 bits per heavy atom. The number of ketones is 1. The fraction of sp³-hybridized carbons (Fsp3) is 0.667. The molecular weight excluding hydrogens is 212 g/mol. The number of hydrogen-bond acceptors (Lipinski definition) is 2. The first-order chi connectivity index (χ1) is 8.02. The number of fused-ring (bicyclic) bond motifs is 2. The molecule has 0 N–H and O–H groups in total. The molecule has 92 valence electrons. The van der Waals surface area contributed by atoms with Crippen molar-refractivity contribution in [3.8, 4) is 0 Å². The quantitative estimate of drug-likeness (QED) is 0.599. The molecule has 17 heavy (non-hydrogen) atoms. The van der Waals surface area contributed by atoms with Gasteiger partial charge >= 0.3 is 0 Å². The van der Waals surface area contributed by atoms with Gasteiger partial charge < -0.3 is 4.74 Å². The molecule has 0 amide bonds. The first-order valence-electron chi connectivity index (χ1n) is 6.55. The minimum absolute atomic E-state index is 0.213. The highest BCUT2D eigenvalue weighted by Gasteiger charge is 2.53. The van der Waals surface area contributed by atoms with Crippen LogP contribution in [0.2, 0.25) is 0 Å². The van der Waals surface area contributed by atoms with Gasteiger partial charge in [-0.3, -0.25) is 4.79 Å². The zero-order valence-electron chi connectivity index (χ0n) is 10.7. The van der Waals surface area contributed by atoms with Gasteiger partial charge in [0, 0.05) is 17.8 Å². The predicted octanol–water partition coefficient (Wildman–Crippen LogP) is 3.24. The van der Waals surface area contributed by atoms with E-state index in [4.69, 9.17) is 4.74 Å². The van der Waals surface area contributed by atoms with Crippen LogP contribution in [0.3, 0.4) is 0 Å². The van der Waals surface area contributed by atoms with Crippen LogP contribution in [-0.2, 0) is 9.53 Å². The van der Waals surface area contributed by atoms with Crippen molar-refractivity contribution in [2.75, 3.05) is 0 Å². The summed E-state index contributed by atoms with van der Waals surface area (Å²) in [6, 6.07) is 0. The zero-order valence-corrected chi connectivity index (χ0v) is 10.7. The van der Waals surface area contributed by atoms with Crippen molar-refractivity contribution in [2.45, 2.75) is 45.6 Å². The van der Waals surface area contributed by atoms with Crippen molar-refractivity contribution in [3.05, 3.63) is 24.0 Å². The van der Waals surface area contributed by atoms with Gasteiger partial charge in [-0.15, -0.1) is 0 Å². The molecule has 2 heteroatoms. The summed E-state index contributed by atoms with van der Waals surface area (Å²) in [5.41, 5.74) is 2.41. The van der Waals surface area contributed by atoms with Crippen molar-refractivity contribution in [1.29, 1.82) is 0 Å². The predicted molar refractivity (Wildman–Crippen MR) is 66.3 cm³/mol. The van der Waals surface area contributed by atoms with Crippen molar-refractivity contribution >= 4 is 5.78 Å². The highest BCUT2D eigenvalue weighted by atomic mass is 16.5. The highest BCUT2D eigenvalue weighted by molar-refractivity contribution is 5.87. The Balaban J connectivity index is 1.94. The van der Waals surface area contributed by atoms with E-state index in [0.29, 0.717) is 24.0 Å². The number of ether oxygens (including phenoxy) is 1. The highest BCUT2D eigenvalue weighted by Crippen LogP contribution is 2.54. The molecule has 4 atom stereocenters. The van der Waals surface area contributed by atoms with Crippen molar-refractivity contribution < 1.29 is 9.53 Å². The maximum Gasteiger partial charge on any atom is 0.139 e. The van der Waals surface area contributed by atoms with Crippen LogP contribution < -0.4 is 0 Å². The van der Waals surface area contributed by atoms with E-state index in [9.17, 15) is 4.79 Å². The van der Waals surface area contributed by atoms with Crippen molar-refractivity contribution in [2.24, 2.45) is 17.3 Å². The SMILES string of the molecule is C=C1CCC(=O)[C@]2(C)CC3OC=C(C)C3CC12. The minimum atomic E-state index is -0.213. The molecular formula is C15H20O2. The van der Waals surface area contributed by atoms with Gasteiger partial charge in [0.25, 0.3) is 0 Å². The van der Waals surface area contributed by atoms with E-state index in [1.807, 2.05) is 6.26 Å². The van der Waals surface area contributed by atoms with Crippen molar-refractivity contribution in [1.82, 2.24) is 0 Å². The monoisotopic (exact) mass is 232 g/mol. The van der Waals surface area contributed by atoms with E-state index in [0.717, 1.165) is 19.3 Å². The zero-order chi connectivity index (χ0) is 12.2. The normalized spacial score (nSPS) is 44.8. The number of allylic oxidation sites excluding steroid dienone is 1. The number of hydrogen-bond donors (Lipinski definition) is 0. The molecule has 0 spiro atoms. The Bertz CT molecular complexity index is 421. The molecule has 2 saturated carbocycles. The van der Waals surface area contributed by atoms with Gasteiger partial charge in [0.1, 0.15) is 11.9 Å². The minimum Gasteiger partial charge on any atom is -0.497 e. The lowest BCUT2D eigenvalue weighted by atomic mass is 9.55. The van der Waals surface area contributed by atoms with Crippen LogP contribution in [-0.4, -0.2) is 11.9 Å². The molecule has 0 aromatic heterocycles. The number of carbonyl (C=O) groups is 1. The van der Waals surface area contributed by atoms with Crippen LogP contribution in [0.4, 0.5) is 0 Å². The molecule has 2 nitrogen and oxygen atoms in total. The van der Waals surface area contributed by atoms with E-state index >= 15 is 0 Å². The number of rotatable bonds is 0. The van der Waals surface area contributed by atoms with Crippen molar-refractivity contribution in [3.63, 3.8) is 0 Å². The standard InChI is InChI=1S/C15H20O2/c1-9-4-5-14(16)15(3)7-13-11(6-12(9)15)10(2)8-17-13/h8,11-13H,1,4-7H2,2-3H3/t11?,12?,13?,15-/m1/s1. The Kier molecular flexibility index (Phi) is 2.26. The first-order valence-corrected chi connectivity index (χ1v) is 6.55. The van der Waals surface area contributed by atoms with Crippen LogP contribution in [0.25, 0.3) is 0 Å². The smallest absolute Gasteiger partial charge is 0.139 e. The second kappa shape index (κ2) is 3.47. The Morgan fingerprint density at radius 2 is 2.24 bits per heavy atom. The molecule has 3 rings (SSSR count). The summed E-state index contributed by atoms with van der Waals surface area (Å²) in [4.78, 5) is 12.3. The molecule has 1 heterocycles. The van der Waals surface area contributed by atoms with E-state index < -0.39 is 0 Å². The average Bonchev–Trinajstić information content (AvgIpc) is 2.64. The Hall–Kier alpha value is -1.05. The van der Waals surface area contributed by atoms with Crippen LogP contribution in [0.15, 0.2) is 24.0 Å². The maximum atomic E-state index is 12.3. The Morgan fingerprint density at radius 3 is 3.00 bits per heavy atom. The third-order valence-electron chi connectivity index (χ3n) is 5.15. The number of carbonyl (C=O) groups excluding carboxylic acids is 1. The van der Waals surface area contributed by atoms with E-state index in [-0.39, 0.29) is 11.5 Å². The molecule has 2 aliphatic carbocycles. The molecule has 0 aromatic carbocycles. The summed E-state index contributed by atoms with van der Waals surface area (Å²) in [6.07, 6.45) is 5.60. The molecule has 0 aromatic rings. The third kappa shape index (κ3) is 1.42. The second-order valence-corrected chi connectivity index (χ2v) is 6.13. The lowest BCUT2D eigenvalue weighted by Gasteiger charge is -2.48.